The van der Waals surface area contributed by atoms with E-state index < -0.39 is 18.5 Å². The third kappa shape index (κ3) is 4.90. The van der Waals surface area contributed by atoms with Gasteiger partial charge in [-0.25, -0.2) is 9.78 Å². The number of aryl methyl sites for hydroxylation is 1. The largest absolute Gasteiger partial charge is 0.493 e. The molecule has 0 unspecified atom stereocenters. The number of carboxylic acid groups (broad SMARTS) is 1. The fourth-order valence-electron chi connectivity index (χ4n) is 2.45. The number of pyridine rings is 1. The molecule has 2 aromatic rings. The first-order valence-corrected chi connectivity index (χ1v) is 7.81. The van der Waals surface area contributed by atoms with Crippen molar-refractivity contribution in [2.75, 3.05) is 14.2 Å². The molecule has 2 rings (SSSR count). The average molecular weight is 380 g/mol. The number of rotatable bonds is 7. The number of carbonyl (C=O) groups excluding carboxylic acids is 1. The highest BCUT2D eigenvalue weighted by Gasteiger charge is 2.18. The van der Waals surface area contributed by atoms with Crippen molar-refractivity contribution in [2.24, 2.45) is 0 Å². The van der Waals surface area contributed by atoms with Gasteiger partial charge in [0, 0.05) is 13.6 Å². The fourth-order valence-corrected chi connectivity index (χ4v) is 2.45. The molecule has 0 radical (unpaired) electrons. The van der Waals surface area contributed by atoms with Crippen molar-refractivity contribution in [3.8, 4) is 11.5 Å². The van der Waals surface area contributed by atoms with Gasteiger partial charge in [-0.15, -0.1) is 0 Å². The van der Waals surface area contributed by atoms with Crippen LogP contribution in [0.5, 0.6) is 11.5 Å². The zero-order chi connectivity index (χ0) is 20.1. The van der Waals surface area contributed by atoms with Gasteiger partial charge in [0.15, 0.2) is 11.5 Å². The minimum atomic E-state index is -3.01. The standard InChI is InChI=1S/C18H18F2N2O5/c1-10-12(17(24)25)5-6-13(21-10)16(23)22(2)9-11-4-7-14(26-3)15(8-11)27-18(19)20/h4-8,18H,9H2,1-3H3,(H,24,25). The Kier molecular flexibility index (Phi) is 6.27. The minimum Gasteiger partial charge on any atom is -0.493 e. The van der Waals surface area contributed by atoms with E-state index in [2.05, 4.69) is 9.72 Å². The SMILES string of the molecule is COc1ccc(CN(C)C(=O)c2ccc(C(=O)O)c(C)n2)cc1OC(F)F. The number of aromatic carboxylic acids is 1. The number of carboxylic acids is 1. The number of halogens is 2. The summed E-state index contributed by atoms with van der Waals surface area (Å²) in [5, 5.41) is 9.02. The smallest absolute Gasteiger partial charge is 0.387 e. The molecule has 144 valence electrons. The summed E-state index contributed by atoms with van der Waals surface area (Å²) in [4.78, 5) is 28.9. The maximum Gasteiger partial charge on any atom is 0.387 e. The lowest BCUT2D eigenvalue weighted by Gasteiger charge is -2.18. The maximum atomic E-state index is 12.5. The van der Waals surface area contributed by atoms with E-state index in [-0.39, 0.29) is 35.0 Å². The average Bonchev–Trinajstić information content (AvgIpc) is 2.60. The number of alkyl halides is 2. The lowest BCUT2D eigenvalue weighted by molar-refractivity contribution is -0.0512. The second kappa shape index (κ2) is 8.43. The van der Waals surface area contributed by atoms with Gasteiger partial charge in [-0.2, -0.15) is 8.78 Å². The van der Waals surface area contributed by atoms with Crippen molar-refractivity contribution < 1.29 is 33.0 Å². The van der Waals surface area contributed by atoms with Crippen molar-refractivity contribution in [2.45, 2.75) is 20.1 Å². The second-order valence-electron chi connectivity index (χ2n) is 5.66. The first-order valence-electron chi connectivity index (χ1n) is 7.81. The molecule has 1 amide bonds. The molecule has 0 aliphatic heterocycles. The van der Waals surface area contributed by atoms with E-state index >= 15 is 0 Å². The number of ether oxygens (including phenoxy) is 2. The molecule has 1 aromatic heterocycles. The van der Waals surface area contributed by atoms with Crippen LogP contribution < -0.4 is 9.47 Å². The summed E-state index contributed by atoms with van der Waals surface area (Å²) >= 11 is 0. The summed E-state index contributed by atoms with van der Waals surface area (Å²) in [6.07, 6.45) is 0. The zero-order valence-electron chi connectivity index (χ0n) is 14.9. The Morgan fingerprint density at radius 2 is 1.93 bits per heavy atom. The van der Waals surface area contributed by atoms with Crippen molar-refractivity contribution in [1.82, 2.24) is 9.88 Å². The van der Waals surface area contributed by atoms with Crippen LogP contribution in [0, 0.1) is 6.92 Å². The molecular formula is C18H18F2N2O5. The first-order chi connectivity index (χ1) is 12.7. The number of nitrogens with zero attached hydrogens (tertiary/aromatic N) is 2. The van der Waals surface area contributed by atoms with E-state index in [9.17, 15) is 18.4 Å². The van der Waals surface area contributed by atoms with Crippen molar-refractivity contribution >= 4 is 11.9 Å². The van der Waals surface area contributed by atoms with Crippen LogP contribution in [-0.4, -0.2) is 47.6 Å². The number of amides is 1. The number of methoxy groups -OCH3 is 1. The van der Waals surface area contributed by atoms with Gasteiger partial charge in [0.1, 0.15) is 5.69 Å². The highest BCUT2D eigenvalue weighted by Crippen LogP contribution is 2.30. The Hall–Kier alpha value is -3.23. The topological polar surface area (TPSA) is 89.0 Å². The van der Waals surface area contributed by atoms with E-state index in [1.807, 2.05) is 0 Å². The quantitative estimate of drug-likeness (QED) is 0.794. The summed E-state index contributed by atoms with van der Waals surface area (Å²) in [6.45, 7) is -1.41. The van der Waals surface area contributed by atoms with Crippen LogP contribution in [0.2, 0.25) is 0 Å². The minimum absolute atomic E-state index is 0.0122. The monoisotopic (exact) mass is 380 g/mol. The van der Waals surface area contributed by atoms with E-state index in [1.165, 1.54) is 50.2 Å². The van der Waals surface area contributed by atoms with E-state index in [0.29, 0.717) is 5.56 Å². The molecule has 1 aromatic carbocycles. The fraction of sp³-hybridized carbons (Fsp3) is 0.278. The van der Waals surface area contributed by atoms with Gasteiger partial charge in [0.25, 0.3) is 5.91 Å². The summed E-state index contributed by atoms with van der Waals surface area (Å²) in [5.41, 5.74) is 0.857. The first kappa shape index (κ1) is 20.1. The molecule has 0 saturated carbocycles. The summed E-state index contributed by atoms with van der Waals surface area (Å²) in [6, 6.07) is 7.09. The van der Waals surface area contributed by atoms with Gasteiger partial charge in [0.05, 0.1) is 18.4 Å². The number of hydrogen-bond donors (Lipinski definition) is 1. The van der Waals surface area contributed by atoms with Gasteiger partial charge in [-0.05, 0) is 36.8 Å². The number of aromatic nitrogens is 1. The Labute approximate surface area is 154 Å². The van der Waals surface area contributed by atoms with Crippen LogP contribution in [0.3, 0.4) is 0 Å². The van der Waals surface area contributed by atoms with Crippen LogP contribution in [0.1, 0.15) is 32.1 Å². The van der Waals surface area contributed by atoms with Crippen molar-refractivity contribution in [3.05, 3.63) is 52.8 Å². The van der Waals surface area contributed by atoms with E-state index in [1.54, 1.807) is 6.07 Å². The van der Waals surface area contributed by atoms with Crippen molar-refractivity contribution in [3.63, 3.8) is 0 Å². The Balaban J connectivity index is 2.19. The summed E-state index contributed by atoms with van der Waals surface area (Å²) < 4.78 is 34.4. The molecule has 0 atom stereocenters. The molecule has 1 N–H and O–H groups in total. The summed E-state index contributed by atoms with van der Waals surface area (Å²) in [5.74, 6) is -1.56. The van der Waals surface area contributed by atoms with E-state index in [0.717, 1.165) is 0 Å². The highest BCUT2D eigenvalue weighted by molar-refractivity contribution is 5.94. The van der Waals surface area contributed by atoms with Crippen LogP contribution in [0.25, 0.3) is 0 Å². The van der Waals surface area contributed by atoms with E-state index in [4.69, 9.17) is 9.84 Å². The van der Waals surface area contributed by atoms with Gasteiger partial charge < -0.3 is 19.5 Å². The molecule has 0 bridgehead atoms. The molecular weight excluding hydrogens is 362 g/mol. The highest BCUT2D eigenvalue weighted by atomic mass is 19.3. The predicted octanol–water partition coefficient (Wildman–Crippen LogP) is 2.97. The van der Waals surface area contributed by atoms with Crippen LogP contribution in [0.15, 0.2) is 30.3 Å². The molecule has 27 heavy (non-hydrogen) atoms. The number of hydrogen-bond acceptors (Lipinski definition) is 5. The number of benzene rings is 1. The molecule has 7 nitrogen and oxygen atoms in total. The van der Waals surface area contributed by atoms with Crippen molar-refractivity contribution in [1.29, 1.82) is 0 Å². The summed E-state index contributed by atoms with van der Waals surface area (Å²) in [7, 11) is 2.85. The lowest BCUT2D eigenvalue weighted by Crippen LogP contribution is -2.27. The molecule has 1 heterocycles. The van der Waals surface area contributed by atoms with Gasteiger partial charge in [-0.3, -0.25) is 4.79 Å². The Bertz CT molecular complexity index is 858. The lowest BCUT2D eigenvalue weighted by atomic mass is 10.1. The number of carbonyl (C=O) groups is 2. The molecule has 9 heteroatoms. The molecule has 0 aliphatic carbocycles. The third-order valence-electron chi connectivity index (χ3n) is 3.75. The molecule has 0 spiro atoms. The molecule has 0 fully saturated rings. The maximum absolute atomic E-state index is 12.5. The van der Waals surface area contributed by atoms with Gasteiger partial charge >= 0.3 is 12.6 Å². The van der Waals surface area contributed by atoms with Gasteiger partial charge in [0.2, 0.25) is 0 Å². The van der Waals surface area contributed by atoms with Crippen LogP contribution in [0.4, 0.5) is 8.78 Å². The zero-order valence-corrected chi connectivity index (χ0v) is 14.9. The Morgan fingerprint density at radius 1 is 1.22 bits per heavy atom. The van der Waals surface area contributed by atoms with Crippen LogP contribution >= 0.6 is 0 Å². The molecule has 0 saturated heterocycles. The molecule has 0 aliphatic rings. The Morgan fingerprint density at radius 3 is 2.48 bits per heavy atom. The van der Waals surface area contributed by atoms with Gasteiger partial charge in [-0.1, -0.05) is 6.07 Å². The third-order valence-corrected chi connectivity index (χ3v) is 3.75. The second-order valence-corrected chi connectivity index (χ2v) is 5.66. The van der Waals surface area contributed by atoms with Crippen LogP contribution in [-0.2, 0) is 6.54 Å². The predicted molar refractivity (Wildman–Crippen MR) is 91.4 cm³/mol. The normalized spacial score (nSPS) is 10.6.